The summed E-state index contributed by atoms with van der Waals surface area (Å²) >= 11 is 0. The van der Waals surface area contributed by atoms with Crippen LogP contribution in [0.5, 0.6) is 0 Å². The molecule has 0 aliphatic carbocycles. The minimum Gasteiger partial charge on any atom is -0.374 e. The Bertz CT molecular complexity index is 827. The number of alkyl halides is 3. The normalized spacial score (nSPS) is 15.8. The Hall–Kier alpha value is -2.42. The van der Waals surface area contributed by atoms with Crippen molar-refractivity contribution in [3.63, 3.8) is 0 Å². The molecule has 2 heterocycles. The second-order valence-corrected chi connectivity index (χ2v) is 6.79. The molecule has 0 bridgehead atoms. The van der Waals surface area contributed by atoms with Gasteiger partial charge in [0.2, 0.25) is 5.82 Å². The topological polar surface area (TPSA) is 60.3 Å². The molecule has 0 atom stereocenters. The number of hydrogen-bond donors (Lipinski definition) is 0. The second kappa shape index (κ2) is 8.30. The maximum absolute atomic E-state index is 13.3. The number of rotatable bonds is 5. The zero-order valence-corrected chi connectivity index (χ0v) is 15.9. The smallest absolute Gasteiger partial charge is 0.374 e. The van der Waals surface area contributed by atoms with Gasteiger partial charge in [-0.1, -0.05) is 18.2 Å². The van der Waals surface area contributed by atoms with Gasteiger partial charge < -0.3 is 14.2 Å². The summed E-state index contributed by atoms with van der Waals surface area (Å²) in [5, 5.41) is 7.95. The minimum atomic E-state index is -4.38. The second-order valence-electron chi connectivity index (χ2n) is 6.79. The van der Waals surface area contributed by atoms with Crippen LogP contribution in [0.15, 0.2) is 24.3 Å². The van der Waals surface area contributed by atoms with Crippen LogP contribution in [0.25, 0.3) is 0 Å². The summed E-state index contributed by atoms with van der Waals surface area (Å²) < 4.78 is 46.7. The molecule has 1 aromatic carbocycles. The SMILES string of the molecule is CCOCc1nnc(C(=O)N2CCC(c3ccccc3C(F)(F)F)CC2)n1C. The van der Waals surface area contributed by atoms with E-state index in [0.717, 1.165) is 6.07 Å². The molecule has 2 aromatic rings. The third-order valence-electron chi connectivity index (χ3n) is 5.08. The number of carbonyl (C=O) groups is 1. The fourth-order valence-corrected chi connectivity index (χ4v) is 3.51. The lowest BCUT2D eigenvalue weighted by molar-refractivity contribution is -0.138. The fourth-order valence-electron chi connectivity index (χ4n) is 3.51. The van der Waals surface area contributed by atoms with Gasteiger partial charge in [0.1, 0.15) is 6.61 Å². The van der Waals surface area contributed by atoms with E-state index in [1.807, 2.05) is 6.92 Å². The first-order chi connectivity index (χ1) is 13.3. The highest BCUT2D eigenvalue weighted by Gasteiger charge is 2.36. The molecule has 6 nitrogen and oxygen atoms in total. The standard InChI is InChI=1S/C19H23F3N4O2/c1-3-28-12-16-23-24-17(25(16)2)18(27)26-10-8-13(9-11-26)14-6-4-5-7-15(14)19(20,21)22/h4-7,13H,3,8-12H2,1-2H3. The monoisotopic (exact) mass is 396 g/mol. The third kappa shape index (κ3) is 4.19. The highest BCUT2D eigenvalue weighted by Crippen LogP contribution is 2.38. The van der Waals surface area contributed by atoms with Crippen molar-refractivity contribution in [1.82, 2.24) is 19.7 Å². The quantitative estimate of drug-likeness (QED) is 0.777. The summed E-state index contributed by atoms with van der Waals surface area (Å²) in [5.41, 5.74) is -0.284. The van der Waals surface area contributed by atoms with E-state index < -0.39 is 11.7 Å². The molecule has 0 saturated carbocycles. The van der Waals surface area contributed by atoms with Crippen LogP contribution in [0.3, 0.4) is 0 Å². The number of halogens is 3. The molecule has 0 N–H and O–H groups in total. The average Bonchev–Trinajstić information content (AvgIpc) is 3.05. The van der Waals surface area contributed by atoms with E-state index in [-0.39, 0.29) is 24.3 Å². The van der Waals surface area contributed by atoms with Gasteiger partial charge in [-0.15, -0.1) is 10.2 Å². The van der Waals surface area contributed by atoms with E-state index in [1.165, 1.54) is 12.1 Å². The molecule has 1 fully saturated rings. The number of ether oxygens (including phenoxy) is 1. The van der Waals surface area contributed by atoms with Crippen molar-refractivity contribution < 1.29 is 22.7 Å². The first-order valence-electron chi connectivity index (χ1n) is 9.24. The van der Waals surface area contributed by atoms with Crippen molar-refractivity contribution in [1.29, 1.82) is 0 Å². The molecular formula is C19H23F3N4O2. The molecule has 1 amide bonds. The van der Waals surface area contributed by atoms with Crippen LogP contribution in [0.1, 0.15) is 53.3 Å². The van der Waals surface area contributed by atoms with E-state index >= 15 is 0 Å². The van der Waals surface area contributed by atoms with Crippen LogP contribution in [0.4, 0.5) is 13.2 Å². The van der Waals surface area contributed by atoms with Crippen molar-refractivity contribution in [2.45, 2.75) is 38.5 Å². The zero-order valence-electron chi connectivity index (χ0n) is 15.9. The van der Waals surface area contributed by atoms with Crippen LogP contribution in [0, 0.1) is 0 Å². The number of benzene rings is 1. The lowest BCUT2D eigenvalue weighted by atomic mass is 9.86. The highest BCUT2D eigenvalue weighted by molar-refractivity contribution is 5.90. The van der Waals surface area contributed by atoms with Crippen LogP contribution in [-0.2, 0) is 24.6 Å². The summed E-state index contributed by atoms with van der Waals surface area (Å²) in [4.78, 5) is 14.4. The molecule has 0 radical (unpaired) electrons. The first kappa shape index (κ1) is 20.3. The van der Waals surface area contributed by atoms with E-state index in [0.29, 0.717) is 43.9 Å². The Kier molecular flexibility index (Phi) is 6.02. The molecule has 0 unspecified atom stereocenters. The van der Waals surface area contributed by atoms with Gasteiger partial charge in [-0.25, -0.2) is 0 Å². The molecule has 1 aliphatic heterocycles. The molecule has 1 saturated heterocycles. The minimum absolute atomic E-state index is 0.212. The molecule has 28 heavy (non-hydrogen) atoms. The molecule has 1 aliphatic rings. The van der Waals surface area contributed by atoms with Crippen molar-refractivity contribution in [2.75, 3.05) is 19.7 Å². The molecule has 0 spiro atoms. The lowest BCUT2D eigenvalue weighted by Gasteiger charge is -2.33. The number of nitrogens with zero attached hydrogens (tertiary/aromatic N) is 4. The van der Waals surface area contributed by atoms with Crippen molar-refractivity contribution in [3.8, 4) is 0 Å². The van der Waals surface area contributed by atoms with Crippen LogP contribution < -0.4 is 0 Å². The average molecular weight is 396 g/mol. The van der Waals surface area contributed by atoms with Crippen LogP contribution in [-0.4, -0.2) is 45.3 Å². The van der Waals surface area contributed by atoms with E-state index in [1.54, 1.807) is 22.6 Å². The van der Waals surface area contributed by atoms with E-state index in [2.05, 4.69) is 10.2 Å². The maximum Gasteiger partial charge on any atom is 0.416 e. The Labute approximate surface area is 161 Å². The molecule has 1 aromatic heterocycles. The van der Waals surface area contributed by atoms with Crippen LogP contribution >= 0.6 is 0 Å². The van der Waals surface area contributed by atoms with E-state index in [9.17, 15) is 18.0 Å². The first-order valence-corrected chi connectivity index (χ1v) is 9.24. The van der Waals surface area contributed by atoms with Gasteiger partial charge in [0.15, 0.2) is 5.82 Å². The molecule has 3 rings (SSSR count). The van der Waals surface area contributed by atoms with Gasteiger partial charge in [-0.3, -0.25) is 4.79 Å². The fraction of sp³-hybridized carbons (Fsp3) is 0.526. The summed E-state index contributed by atoms with van der Waals surface area (Å²) in [6.07, 6.45) is -3.43. The summed E-state index contributed by atoms with van der Waals surface area (Å²) in [6.45, 7) is 3.42. The number of likely N-dealkylation sites (tertiary alicyclic amines) is 1. The Morgan fingerprint density at radius 2 is 1.89 bits per heavy atom. The van der Waals surface area contributed by atoms with Crippen molar-refractivity contribution in [3.05, 3.63) is 47.0 Å². The molecular weight excluding hydrogens is 373 g/mol. The summed E-state index contributed by atoms with van der Waals surface area (Å²) in [7, 11) is 1.70. The lowest BCUT2D eigenvalue weighted by Crippen LogP contribution is -2.39. The number of amides is 1. The Morgan fingerprint density at radius 3 is 2.54 bits per heavy atom. The third-order valence-corrected chi connectivity index (χ3v) is 5.08. The maximum atomic E-state index is 13.3. The summed E-state index contributed by atoms with van der Waals surface area (Å²) in [5.74, 6) is 0.276. The Morgan fingerprint density at radius 1 is 1.21 bits per heavy atom. The van der Waals surface area contributed by atoms with Crippen LogP contribution in [0.2, 0.25) is 0 Å². The van der Waals surface area contributed by atoms with E-state index in [4.69, 9.17) is 4.74 Å². The molecule has 152 valence electrons. The van der Waals surface area contributed by atoms with Gasteiger partial charge in [-0.05, 0) is 37.3 Å². The number of carbonyl (C=O) groups excluding carboxylic acids is 1. The van der Waals surface area contributed by atoms with Gasteiger partial charge in [0, 0.05) is 26.7 Å². The van der Waals surface area contributed by atoms with Gasteiger partial charge >= 0.3 is 6.18 Å². The van der Waals surface area contributed by atoms with Crippen molar-refractivity contribution in [2.24, 2.45) is 7.05 Å². The Balaban J connectivity index is 1.68. The predicted octanol–water partition coefficient (Wildman–Crippen LogP) is 3.39. The summed E-state index contributed by atoms with van der Waals surface area (Å²) in [6, 6.07) is 5.68. The van der Waals surface area contributed by atoms with Gasteiger partial charge in [0.25, 0.3) is 5.91 Å². The van der Waals surface area contributed by atoms with Gasteiger partial charge in [0.05, 0.1) is 5.56 Å². The highest BCUT2D eigenvalue weighted by atomic mass is 19.4. The number of aromatic nitrogens is 3. The number of piperidine rings is 1. The largest absolute Gasteiger partial charge is 0.416 e. The number of hydrogen-bond acceptors (Lipinski definition) is 4. The predicted molar refractivity (Wildman–Crippen MR) is 95.7 cm³/mol. The van der Waals surface area contributed by atoms with Gasteiger partial charge in [-0.2, -0.15) is 13.2 Å². The molecule has 9 heteroatoms. The zero-order chi connectivity index (χ0) is 20.3. The van der Waals surface area contributed by atoms with Crippen molar-refractivity contribution >= 4 is 5.91 Å².